The van der Waals surface area contributed by atoms with Crippen molar-refractivity contribution in [2.75, 3.05) is 6.54 Å². The van der Waals surface area contributed by atoms with E-state index in [1.54, 1.807) is 18.2 Å². The normalized spacial score (nSPS) is 35.1. The van der Waals surface area contributed by atoms with Crippen LogP contribution in [-0.2, 0) is 14.4 Å². The SMILES string of the molecule is CC(=O)c1ccccc1OC(=O)CN1C(=O)[C@H]2[C@@H]3C=C[C@H]([C@@H]4C[C@H]34)[C@@H]2C1=O. The number of amides is 2. The van der Waals surface area contributed by atoms with Crippen molar-refractivity contribution in [1.82, 2.24) is 4.90 Å². The maximum Gasteiger partial charge on any atom is 0.331 e. The summed E-state index contributed by atoms with van der Waals surface area (Å²) in [5, 5.41) is 0. The number of benzene rings is 1. The van der Waals surface area contributed by atoms with Gasteiger partial charge in [0.2, 0.25) is 11.8 Å². The van der Waals surface area contributed by atoms with Crippen molar-refractivity contribution in [3.05, 3.63) is 42.0 Å². The number of hydrogen-bond acceptors (Lipinski definition) is 5. The number of rotatable bonds is 4. The average molecular weight is 365 g/mol. The molecule has 6 rings (SSSR count). The first-order chi connectivity index (χ1) is 13.0. The van der Waals surface area contributed by atoms with E-state index in [1.807, 2.05) is 0 Å². The minimum Gasteiger partial charge on any atom is -0.424 e. The van der Waals surface area contributed by atoms with E-state index < -0.39 is 12.5 Å². The van der Waals surface area contributed by atoms with Crippen molar-refractivity contribution in [2.24, 2.45) is 35.5 Å². The van der Waals surface area contributed by atoms with E-state index in [4.69, 9.17) is 4.74 Å². The third-order valence-electron chi connectivity index (χ3n) is 6.53. The molecule has 4 aliphatic carbocycles. The Balaban J connectivity index is 1.34. The third kappa shape index (κ3) is 2.32. The van der Waals surface area contributed by atoms with Crippen LogP contribution in [0.15, 0.2) is 36.4 Å². The zero-order valence-electron chi connectivity index (χ0n) is 14.8. The van der Waals surface area contributed by atoms with Gasteiger partial charge in [0.25, 0.3) is 0 Å². The van der Waals surface area contributed by atoms with Crippen LogP contribution in [0.25, 0.3) is 0 Å². The molecular weight excluding hydrogens is 346 g/mol. The molecule has 1 heterocycles. The van der Waals surface area contributed by atoms with Gasteiger partial charge >= 0.3 is 5.97 Å². The van der Waals surface area contributed by atoms with Crippen molar-refractivity contribution in [3.8, 4) is 5.75 Å². The second kappa shape index (κ2) is 5.62. The first kappa shape index (κ1) is 16.4. The van der Waals surface area contributed by atoms with E-state index >= 15 is 0 Å². The molecule has 0 aromatic heterocycles. The van der Waals surface area contributed by atoms with E-state index in [2.05, 4.69) is 12.2 Å². The summed E-state index contributed by atoms with van der Waals surface area (Å²) >= 11 is 0. The summed E-state index contributed by atoms with van der Waals surface area (Å²) in [5.41, 5.74) is 0.293. The van der Waals surface area contributed by atoms with Crippen molar-refractivity contribution in [3.63, 3.8) is 0 Å². The van der Waals surface area contributed by atoms with Gasteiger partial charge in [-0.3, -0.25) is 19.3 Å². The van der Waals surface area contributed by atoms with Crippen LogP contribution in [0, 0.1) is 35.5 Å². The minimum atomic E-state index is -0.713. The van der Waals surface area contributed by atoms with E-state index in [-0.39, 0.29) is 47.0 Å². The summed E-state index contributed by atoms with van der Waals surface area (Å²) in [6.07, 6.45) is 5.28. The highest BCUT2D eigenvalue weighted by Gasteiger charge is 2.67. The molecule has 2 bridgehead atoms. The summed E-state index contributed by atoms with van der Waals surface area (Å²) in [4.78, 5) is 50.9. The molecule has 0 spiro atoms. The van der Waals surface area contributed by atoms with Crippen LogP contribution in [0.5, 0.6) is 5.75 Å². The number of Topliss-reactive ketones (excluding diaryl/α,β-unsaturated/α-hetero) is 1. The van der Waals surface area contributed by atoms with Crippen LogP contribution in [0.1, 0.15) is 23.7 Å². The van der Waals surface area contributed by atoms with Crippen molar-refractivity contribution >= 4 is 23.6 Å². The van der Waals surface area contributed by atoms with Crippen molar-refractivity contribution in [2.45, 2.75) is 13.3 Å². The molecule has 6 atom stereocenters. The van der Waals surface area contributed by atoms with Gasteiger partial charge in [-0.25, -0.2) is 4.79 Å². The Labute approximate surface area is 156 Å². The topological polar surface area (TPSA) is 80.8 Å². The molecule has 27 heavy (non-hydrogen) atoms. The molecule has 6 nitrogen and oxygen atoms in total. The molecule has 2 amide bonds. The quantitative estimate of drug-likeness (QED) is 0.267. The van der Waals surface area contributed by atoms with Gasteiger partial charge in [-0.2, -0.15) is 0 Å². The van der Waals surface area contributed by atoms with Gasteiger partial charge < -0.3 is 4.74 Å². The Morgan fingerprint density at radius 3 is 2.22 bits per heavy atom. The predicted molar refractivity (Wildman–Crippen MR) is 93.5 cm³/mol. The number of carbonyl (C=O) groups is 4. The van der Waals surface area contributed by atoms with Crippen LogP contribution < -0.4 is 4.74 Å². The number of ether oxygens (including phenoxy) is 1. The number of ketones is 1. The molecule has 5 aliphatic rings. The lowest BCUT2D eigenvalue weighted by molar-refractivity contribution is -0.148. The van der Waals surface area contributed by atoms with Crippen LogP contribution >= 0.6 is 0 Å². The van der Waals surface area contributed by atoms with E-state index in [0.29, 0.717) is 17.4 Å². The molecule has 2 saturated carbocycles. The number of carbonyl (C=O) groups excluding carboxylic acids is 4. The highest BCUT2D eigenvalue weighted by molar-refractivity contribution is 6.08. The van der Waals surface area contributed by atoms with Gasteiger partial charge in [0, 0.05) is 0 Å². The standard InChI is InChI=1S/C21H19NO5/c1-10(23)11-4-2-3-5-16(11)27-17(24)9-22-20(25)18-12-6-7-13(15-8-14(12)15)19(18)21(22)26/h2-7,12-15,18-19H,8-9H2,1H3/t12-,13-,14-,15+,18+,19+/m1/s1. The first-order valence-electron chi connectivity index (χ1n) is 9.31. The van der Waals surface area contributed by atoms with Gasteiger partial charge in [-0.05, 0) is 49.1 Å². The Morgan fingerprint density at radius 1 is 1.04 bits per heavy atom. The zero-order chi connectivity index (χ0) is 18.9. The first-order valence-corrected chi connectivity index (χ1v) is 9.31. The van der Waals surface area contributed by atoms with Crippen LogP contribution in [0.2, 0.25) is 0 Å². The smallest absolute Gasteiger partial charge is 0.331 e. The molecule has 0 N–H and O–H groups in total. The maximum atomic E-state index is 12.9. The molecule has 6 heteroatoms. The fraction of sp³-hybridized carbons (Fsp3) is 0.429. The minimum absolute atomic E-state index is 0.126. The fourth-order valence-corrected chi connectivity index (χ4v) is 5.31. The average Bonchev–Trinajstić information content (AvgIpc) is 3.43. The molecule has 138 valence electrons. The molecule has 1 aromatic rings. The van der Waals surface area contributed by atoms with E-state index in [9.17, 15) is 19.2 Å². The Hall–Kier alpha value is -2.76. The largest absolute Gasteiger partial charge is 0.424 e. The van der Waals surface area contributed by atoms with Crippen molar-refractivity contribution < 1.29 is 23.9 Å². The van der Waals surface area contributed by atoms with Crippen molar-refractivity contribution in [1.29, 1.82) is 0 Å². The summed E-state index contributed by atoms with van der Waals surface area (Å²) in [7, 11) is 0. The van der Waals surface area contributed by atoms with Gasteiger partial charge in [-0.15, -0.1) is 0 Å². The second-order valence-electron chi connectivity index (χ2n) is 7.94. The number of imide groups is 1. The molecule has 0 radical (unpaired) electrons. The lowest BCUT2D eigenvalue weighted by Gasteiger charge is -2.37. The Bertz CT molecular complexity index is 883. The molecular formula is C21H19NO5. The van der Waals surface area contributed by atoms with Crippen LogP contribution in [0.3, 0.4) is 0 Å². The molecule has 0 unspecified atom stereocenters. The molecule has 1 saturated heterocycles. The summed E-state index contributed by atoms with van der Waals surface area (Å²) in [5.74, 6) is -0.662. The summed E-state index contributed by atoms with van der Waals surface area (Å²) in [6, 6.07) is 6.44. The Morgan fingerprint density at radius 2 is 1.63 bits per heavy atom. The Kier molecular flexibility index (Phi) is 3.41. The lowest BCUT2D eigenvalue weighted by Crippen LogP contribution is -2.40. The van der Waals surface area contributed by atoms with Gasteiger partial charge in [0.1, 0.15) is 12.3 Å². The third-order valence-corrected chi connectivity index (χ3v) is 6.53. The lowest BCUT2D eigenvalue weighted by atomic mass is 9.63. The van der Waals surface area contributed by atoms with Gasteiger partial charge in [0.05, 0.1) is 17.4 Å². The van der Waals surface area contributed by atoms with Gasteiger partial charge in [-0.1, -0.05) is 24.3 Å². The number of para-hydroxylation sites is 1. The number of esters is 1. The summed E-state index contributed by atoms with van der Waals surface area (Å²) < 4.78 is 5.30. The van der Waals surface area contributed by atoms with Gasteiger partial charge in [0.15, 0.2) is 5.78 Å². The van der Waals surface area contributed by atoms with Crippen LogP contribution in [0.4, 0.5) is 0 Å². The molecule has 1 aromatic carbocycles. The number of hydrogen-bond donors (Lipinski definition) is 0. The molecule has 1 aliphatic heterocycles. The number of allylic oxidation sites excluding steroid dienone is 2. The number of nitrogens with zero attached hydrogens (tertiary/aromatic N) is 1. The highest BCUT2D eigenvalue weighted by Crippen LogP contribution is 2.65. The maximum absolute atomic E-state index is 12.9. The fourth-order valence-electron chi connectivity index (χ4n) is 5.31. The van der Waals surface area contributed by atoms with E-state index in [0.717, 1.165) is 11.3 Å². The summed E-state index contributed by atoms with van der Waals surface area (Å²) in [6.45, 7) is 0.977. The van der Waals surface area contributed by atoms with Crippen LogP contribution in [-0.4, -0.2) is 35.0 Å². The molecule has 3 fully saturated rings. The number of likely N-dealkylation sites (tertiary alicyclic amines) is 1. The van der Waals surface area contributed by atoms with E-state index in [1.165, 1.54) is 13.0 Å². The zero-order valence-corrected chi connectivity index (χ0v) is 14.8. The predicted octanol–water partition coefficient (Wildman–Crippen LogP) is 1.85. The second-order valence-corrected chi connectivity index (χ2v) is 7.94. The monoisotopic (exact) mass is 365 g/mol. The highest BCUT2D eigenvalue weighted by atomic mass is 16.5.